The van der Waals surface area contributed by atoms with Crippen molar-refractivity contribution in [2.75, 3.05) is 5.32 Å². The molecule has 0 radical (unpaired) electrons. The molecule has 4 heterocycles. The van der Waals surface area contributed by atoms with E-state index in [1.54, 1.807) is 12.4 Å². The fourth-order valence-electron chi connectivity index (χ4n) is 5.76. The Morgan fingerprint density at radius 1 is 0.540 bits per heavy atom. The van der Waals surface area contributed by atoms with Gasteiger partial charge in [0.25, 0.3) is 0 Å². The summed E-state index contributed by atoms with van der Waals surface area (Å²) in [6.45, 7) is 0. The molecule has 2 saturated carbocycles. The van der Waals surface area contributed by atoms with E-state index in [1.807, 2.05) is 5.32 Å². The third-order valence-electron chi connectivity index (χ3n) is 9.39. The molecule has 0 spiro atoms. The van der Waals surface area contributed by atoms with Crippen LogP contribution in [-0.4, -0.2) is 63.5 Å². The van der Waals surface area contributed by atoms with Gasteiger partial charge in [0, 0.05) is 71.8 Å². The summed E-state index contributed by atoms with van der Waals surface area (Å²) in [5.74, 6) is -2.77. The summed E-state index contributed by atoms with van der Waals surface area (Å²) in [7, 11) is 0. The number of carbonyl (C=O) groups is 3. The highest BCUT2D eigenvalue weighted by molar-refractivity contribution is 6.28. The molecule has 326 valence electrons. The SMILES string of the molecule is O=C(NC1(c2cncnc2)CC1)C(F)(F)F.O=C(c1cnc(Cl)nc1)c1cccc(C(F)(F)F)c1.O=C(c1cnc(NC2(c3cncnc3)CC2)nc1)c1cccc(C(F)(F)F)c1. The Bertz CT molecular complexity index is 2560. The summed E-state index contributed by atoms with van der Waals surface area (Å²) in [6, 6.07) is 8.43. The van der Waals surface area contributed by atoms with Crippen molar-refractivity contribution < 1.29 is 53.9 Å². The third kappa shape index (κ3) is 11.7. The minimum absolute atomic E-state index is 0.0411. The maximum Gasteiger partial charge on any atom is 0.471 e. The summed E-state index contributed by atoms with van der Waals surface area (Å²) >= 11 is 5.47. The number of amides is 1. The number of anilines is 1. The second-order valence-electron chi connectivity index (χ2n) is 13.8. The highest BCUT2D eigenvalue weighted by Gasteiger charge is 2.51. The van der Waals surface area contributed by atoms with Gasteiger partial charge in [0.05, 0.1) is 33.3 Å². The number of nitrogens with one attached hydrogen (secondary N) is 2. The van der Waals surface area contributed by atoms with Crippen LogP contribution in [0, 0.1) is 0 Å². The molecule has 2 fully saturated rings. The van der Waals surface area contributed by atoms with Gasteiger partial charge in [0.15, 0.2) is 11.6 Å². The Labute approximate surface area is 354 Å². The standard InChI is InChI=1S/C19H14F3N5O.C12H6ClF3N2O.C9H8F3N3O/c20-19(21,22)14-3-1-2-12(6-14)16(28)13-7-25-17(26-8-13)27-18(4-5-18)15-9-23-11-24-10-15;13-11-17-5-8(6-18-11)10(19)7-2-1-3-9(4-7)12(14,15)16;10-9(11,12)7(16)15-8(1-2-8)6-3-13-5-14-4-6/h1-3,6-11H,4-5H2,(H,25,26,27);1-6H;3-5H,1-2H2,(H,15,16). The van der Waals surface area contributed by atoms with Crippen molar-refractivity contribution in [1.29, 1.82) is 0 Å². The zero-order valence-corrected chi connectivity index (χ0v) is 32.6. The van der Waals surface area contributed by atoms with E-state index in [0.29, 0.717) is 24.4 Å². The Morgan fingerprint density at radius 3 is 1.32 bits per heavy atom. The molecular formula is C40H28ClF9N10O3. The highest BCUT2D eigenvalue weighted by Crippen LogP contribution is 2.47. The van der Waals surface area contributed by atoms with Crippen LogP contribution in [0.4, 0.5) is 45.5 Å². The average Bonchev–Trinajstić information content (AvgIpc) is 4.22. The largest absolute Gasteiger partial charge is 0.471 e. The van der Waals surface area contributed by atoms with Gasteiger partial charge < -0.3 is 10.6 Å². The number of rotatable bonds is 9. The minimum atomic E-state index is -4.86. The van der Waals surface area contributed by atoms with E-state index in [1.165, 1.54) is 61.7 Å². The highest BCUT2D eigenvalue weighted by atomic mass is 35.5. The van der Waals surface area contributed by atoms with Crippen LogP contribution in [0.3, 0.4) is 0 Å². The molecule has 2 aliphatic rings. The second-order valence-corrected chi connectivity index (χ2v) is 14.2. The van der Waals surface area contributed by atoms with E-state index in [2.05, 4.69) is 45.2 Å². The number of ketones is 2. The first-order chi connectivity index (χ1) is 29.7. The Hall–Kier alpha value is -6.97. The normalized spacial score (nSPS) is 14.7. The van der Waals surface area contributed by atoms with Crippen LogP contribution in [0.25, 0.3) is 0 Å². The zero-order valence-electron chi connectivity index (χ0n) is 31.8. The molecule has 0 unspecified atom stereocenters. The summed E-state index contributed by atoms with van der Waals surface area (Å²) in [5.41, 5.74) is -1.55. The predicted molar refractivity (Wildman–Crippen MR) is 203 cm³/mol. The maximum atomic E-state index is 12.8. The maximum absolute atomic E-state index is 12.8. The van der Waals surface area contributed by atoms with Gasteiger partial charge >= 0.3 is 24.4 Å². The summed E-state index contributed by atoms with van der Waals surface area (Å²) in [4.78, 5) is 66.2. The number of nitrogens with zero attached hydrogens (tertiary/aromatic N) is 8. The van der Waals surface area contributed by atoms with E-state index in [-0.39, 0.29) is 33.1 Å². The first kappa shape index (κ1) is 45.6. The van der Waals surface area contributed by atoms with E-state index < -0.39 is 52.7 Å². The smallest absolute Gasteiger partial charge is 0.345 e. The fourth-order valence-corrected chi connectivity index (χ4v) is 5.86. The second kappa shape index (κ2) is 18.2. The molecule has 2 aromatic carbocycles. The molecule has 8 rings (SSSR count). The number of hydrogen-bond acceptors (Lipinski definition) is 12. The molecule has 0 bridgehead atoms. The van der Waals surface area contributed by atoms with Crippen LogP contribution in [0.5, 0.6) is 0 Å². The molecule has 1 amide bonds. The lowest BCUT2D eigenvalue weighted by atomic mass is 10.0. The molecule has 2 N–H and O–H groups in total. The molecule has 0 saturated heterocycles. The van der Waals surface area contributed by atoms with Gasteiger partial charge in [-0.2, -0.15) is 39.5 Å². The van der Waals surface area contributed by atoms with Gasteiger partial charge in [0.1, 0.15) is 12.7 Å². The summed E-state index contributed by atoms with van der Waals surface area (Å²) in [5, 5.41) is 5.16. The van der Waals surface area contributed by atoms with Crippen LogP contribution in [0.1, 0.15) is 79.8 Å². The molecule has 4 aromatic heterocycles. The first-order valence-electron chi connectivity index (χ1n) is 18.1. The van der Waals surface area contributed by atoms with E-state index >= 15 is 0 Å². The Morgan fingerprint density at radius 2 is 0.937 bits per heavy atom. The monoisotopic (exact) mass is 902 g/mol. The van der Waals surface area contributed by atoms with Crippen molar-refractivity contribution in [2.24, 2.45) is 0 Å². The predicted octanol–water partition coefficient (Wildman–Crippen LogP) is 8.14. The van der Waals surface area contributed by atoms with Crippen molar-refractivity contribution in [1.82, 2.24) is 45.2 Å². The van der Waals surface area contributed by atoms with Gasteiger partial charge in [-0.15, -0.1) is 0 Å². The summed E-state index contributed by atoms with van der Waals surface area (Å²) in [6.07, 6.45) is 2.76. The van der Waals surface area contributed by atoms with E-state index in [4.69, 9.17) is 11.6 Å². The molecule has 0 atom stereocenters. The molecular weight excluding hydrogens is 875 g/mol. The number of benzene rings is 2. The zero-order chi connectivity index (χ0) is 45.6. The first-order valence-corrected chi connectivity index (χ1v) is 18.5. The lowest BCUT2D eigenvalue weighted by Crippen LogP contribution is -2.43. The fraction of sp³-hybridized carbons (Fsp3) is 0.225. The van der Waals surface area contributed by atoms with Crippen molar-refractivity contribution in [2.45, 2.75) is 55.3 Å². The van der Waals surface area contributed by atoms with E-state index in [0.717, 1.165) is 55.1 Å². The molecule has 23 heteroatoms. The van der Waals surface area contributed by atoms with Crippen LogP contribution >= 0.6 is 11.6 Å². The molecule has 13 nitrogen and oxygen atoms in total. The number of alkyl halides is 9. The Balaban J connectivity index is 0.000000165. The quantitative estimate of drug-likeness (QED) is 0.0810. The van der Waals surface area contributed by atoms with Crippen LogP contribution < -0.4 is 10.6 Å². The molecule has 63 heavy (non-hydrogen) atoms. The van der Waals surface area contributed by atoms with Gasteiger partial charge in [-0.25, -0.2) is 39.9 Å². The Kier molecular flexibility index (Phi) is 13.1. The van der Waals surface area contributed by atoms with Gasteiger partial charge in [-0.1, -0.05) is 24.3 Å². The topological polar surface area (TPSA) is 178 Å². The minimum Gasteiger partial charge on any atom is -0.345 e. The lowest BCUT2D eigenvalue weighted by molar-refractivity contribution is -0.174. The van der Waals surface area contributed by atoms with Crippen molar-refractivity contribution in [3.8, 4) is 0 Å². The van der Waals surface area contributed by atoms with Gasteiger partial charge in [-0.3, -0.25) is 14.4 Å². The van der Waals surface area contributed by atoms with Crippen LogP contribution in [0.15, 0.2) is 111 Å². The number of halogens is 10. The number of carbonyl (C=O) groups excluding carboxylic acids is 3. The molecule has 2 aliphatic carbocycles. The third-order valence-corrected chi connectivity index (χ3v) is 9.58. The molecule has 6 aromatic rings. The van der Waals surface area contributed by atoms with E-state index in [9.17, 15) is 53.9 Å². The van der Waals surface area contributed by atoms with Crippen LogP contribution in [0.2, 0.25) is 5.28 Å². The molecule has 0 aliphatic heterocycles. The van der Waals surface area contributed by atoms with Crippen molar-refractivity contribution in [3.63, 3.8) is 0 Å². The number of hydrogen-bond donors (Lipinski definition) is 2. The van der Waals surface area contributed by atoms with Gasteiger partial charge in [-0.05, 0) is 61.5 Å². The lowest BCUT2D eigenvalue weighted by Gasteiger charge is -2.17. The van der Waals surface area contributed by atoms with Gasteiger partial charge in [0.2, 0.25) is 11.2 Å². The average molecular weight is 903 g/mol. The number of aromatic nitrogens is 8. The van der Waals surface area contributed by atoms with Crippen molar-refractivity contribution >= 4 is 35.0 Å². The van der Waals surface area contributed by atoms with Crippen molar-refractivity contribution in [3.05, 3.63) is 161 Å². The summed E-state index contributed by atoms with van der Waals surface area (Å²) < 4.78 is 112. The van der Waals surface area contributed by atoms with Crippen LogP contribution in [-0.2, 0) is 28.2 Å².